The van der Waals surface area contributed by atoms with Gasteiger partial charge < -0.3 is 20.4 Å². The quantitative estimate of drug-likeness (QED) is 0.341. The van der Waals surface area contributed by atoms with Crippen molar-refractivity contribution in [2.24, 2.45) is 15.2 Å². The molecular formula is C18H15N3O6S. The van der Waals surface area contributed by atoms with Gasteiger partial charge in [-0.25, -0.2) is 14.6 Å². The fraction of sp³-hybridized carbons (Fsp3) is 0.0556. The Hall–Kier alpha value is -3.66. The van der Waals surface area contributed by atoms with Gasteiger partial charge >= 0.3 is 11.9 Å². The molecule has 0 aliphatic carbocycles. The van der Waals surface area contributed by atoms with Crippen LogP contribution >= 0.6 is 11.8 Å². The van der Waals surface area contributed by atoms with E-state index in [1.54, 1.807) is 6.26 Å². The second-order valence-corrected chi connectivity index (χ2v) is 5.96. The molecule has 0 amide bonds. The van der Waals surface area contributed by atoms with Crippen LogP contribution in [0.15, 0.2) is 51.6 Å². The molecule has 2 aromatic rings. The van der Waals surface area contributed by atoms with Gasteiger partial charge in [0.15, 0.2) is 0 Å². The summed E-state index contributed by atoms with van der Waals surface area (Å²) in [6.07, 6.45) is 4.10. The first kappa shape index (κ1) is 20.6. The predicted octanol–water partition coefficient (Wildman–Crippen LogP) is 2.67. The summed E-state index contributed by atoms with van der Waals surface area (Å²) in [6, 6.07) is 8.41. The van der Waals surface area contributed by atoms with Crippen molar-refractivity contribution in [1.82, 2.24) is 0 Å². The molecule has 0 aliphatic rings. The van der Waals surface area contributed by atoms with E-state index in [1.165, 1.54) is 48.8 Å². The number of carboxylic acids is 2. The van der Waals surface area contributed by atoms with Crippen molar-refractivity contribution in [2.45, 2.75) is 0 Å². The Bertz CT molecular complexity index is 1000. The maximum atomic E-state index is 11.0. The zero-order chi connectivity index (χ0) is 20.7. The van der Waals surface area contributed by atoms with Crippen LogP contribution in [-0.2, 0) is 0 Å². The number of hydrogen-bond donors (Lipinski definition) is 4. The first-order valence-corrected chi connectivity index (χ1v) is 8.87. The number of aromatic carboxylic acids is 2. The Labute approximate surface area is 163 Å². The molecule has 2 aromatic carbocycles. The Morgan fingerprint density at radius 2 is 1.39 bits per heavy atom. The number of amidine groups is 1. The van der Waals surface area contributed by atoms with Crippen LogP contribution in [0.3, 0.4) is 0 Å². The van der Waals surface area contributed by atoms with Crippen molar-refractivity contribution < 1.29 is 30.0 Å². The molecule has 0 spiro atoms. The van der Waals surface area contributed by atoms with Crippen LogP contribution in [0.5, 0.6) is 11.5 Å². The lowest BCUT2D eigenvalue weighted by molar-refractivity contribution is 0.0682. The molecule has 28 heavy (non-hydrogen) atoms. The van der Waals surface area contributed by atoms with Gasteiger partial charge in [0.05, 0.1) is 6.21 Å². The summed E-state index contributed by atoms with van der Waals surface area (Å²) in [6.45, 7) is 0. The topological polar surface area (TPSA) is 152 Å². The minimum absolute atomic E-state index is 0.167. The molecule has 2 rings (SSSR count). The highest BCUT2D eigenvalue weighted by atomic mass is 32.2. The van der Waals surface area contributed by atoms with Gasteiger partial charge in [-0.15, -0.1) is 5.10 Å². The van der Waals surface area contributed by atoms with E-state index in [1.807, 2.05) is 0 Å². The van der Waals surface area contributed by atoms with Crippen LogP contribution in [0.25, 0.3) is 0 Å². The lowest BCUT2D eigenvalue weighted by Crippen LogP contribution is -1.99. The summed E-state index contributed by atoms with van der Waals surface area (Å²) in [4.78, 5) is 26.1. The van der Waals surface area contributed by atoms with E-state index < -0.39 is 23.4 Å². The second-order valence-electron chi connectivity index (χ2n) is 5.19. The van der Waals surface area contributed by atoms with Gasteiger partial charge in [0.2, 0.25) is 5.17 Å². The summed E-state index contributed by atoms with van der Waals surface area (Å²) < 4.78 is 0. The SMILES string of the molecule is CSC(N=Cc1cccc(C(=O)O)c1O)=NN=Cc1cccc(C(=O)O)c1O. The number of carboxylic acid groups (broad SMARTS) is 2. The number of phenols is 2. The van der Waals surface area contributed by atoms with Gasteiger partial charge in [0, 0.05) is 17.3 Å². The average molecular weight is 401 g/mol. The van der Waals surface area contributed by atoms with E-state index >= 15 is 0 Å². The van der Waals surface area contributed by atoms with Crippen LogP contribution in [0.1, 0.15) is 31.8 Å². The number of benzene rings is 2. The normalized spacial score (nSPS) is 12.0. The van der Waals surface area contributed by atoms with E-state index in [2.05, 4.69) is 15.2 Å². The van der Waals surface area contributed by atoms with Crippen molar-refractivity contribution in [3.63, 3.8) is 0 Å². The summed E-state index contributed by atoms with van der Waals surface area (Å²) in [5.74, 6) is -3.38. The zero-order valence-electron chi connectivity index (χ0n) is 14.5. The lowest BCUT2D eigenvalue weighted by Gasteiger charge is -2.02. The highest BCUT2D eigenvalue weighted by Gasteiger charge is 2.12. The maximum Gasteiger partial charge on any atom is 0.339 e. The molecule has 0 saturated carbocycles. The molecule has 144 valence electrons. The first-order chi connectivity index (χ1) is 13.3. The molecule has 0 heterocycles. The summed E-state index contributed by atoms with van der Waals surface area (Å²) in [5.41, 5.74) is -0.152. The van der Waals surface area contributed by atoms with Crippen LogP contribution in [0.2, 0.25) is 0 Å². The van der Waals surface area contributed by atoms with E-state index in [0.29, 0.717) is 0 Å². The molecule has 0 aliphatic heterocycles. The lowest BCUT2D eigenvalue weighted by atomic mass is 10.1. The van der Waals surface area contributed by atoms with Gasteiger partial charge in [-0.1, -0.05) is 23.9 Å². The Morgan fingerprint density at radius 3 is 1.86 bits per heavy atom. The van der Waals surface area contributed by atoms with Gasteiger partial charge in [-0.2, -0.15) is 5.10 Å². The summed E-state index contributed by atoms with van der Waals surface area (Å²) >= 11 is 1.14. The summed E-state index contributed by atoms with van der Waals surface area (Å²) in [7, 11) is 0. The van der Waals surface area contributed by atoms with E-state index in [9.17, 15) is 19.8 Å². The molecular weight excluding hydrogens is 386 g/mol. The molecule has 4 N–H and O–H groups in total. The van der Waals surface area contributed by atoms with Crippen molar-refractivity contribution in [3.05, 3.63) is 58.7 Å². The van der Waals surface area contributed by atoms with Crippen LogP contribution in [-0.4, -0.2) is 56.2 Å². The molecule has 0 bridgehead atoms. The molecule has 0 unspecified atom stereocenters. The van der Waals surface area contributed by atoms with E-state index in [-0.39, 0.29) is 27.4 Å². The standard InChI is InChI=1S/C18H15N3O6S/c1-28-18(19-8-10-4-2-6-12(14(10)22)16(24)25)21-20-9-11-5-3-7-13(15(11)23)17(26)27/h2-9,22-23H,1H3,(H,24,25)(H,26,27). The van der Waals surface area contributed by atoms with Gasteiger partial charge in [-0.3, -0.25) is 0 Å². The van der Waals surface area contributed by atoms with Crippen LogP contribution in [0, 0.1) is 0 Å². The average Bonchev–Trinajstić information content (AvgIpc) is 2.66. The third kappa shape index (κ3) is 4.95. The monoisotopic (exact) mass is 401 g/mol. The van der Waals surface area contributed by atoms with Gasteiger partial charge in [-0.05, 0) is 30.5 Å². The third-order valence-corrected chi connectivity index (χ3v) is 3.98. The fourth-order valence-corrected chi connectivity index (χ4v) is 2.35. The van der Waals surface area contributed by atoms with Gasteiger partial charge in [0.25, 0.3) is 0 Å². The number of hydrogen-bond acceptors (Lipinski definition) is 7. The minimum Gasteiger partial charge on any atom is -0.506 e. The van der Waals surface area contributed by atoms with Crippen LogP contribution < -0.4 is 0 Å². The number of nitrogens with zero attached hydrogens (tertiary/aromatic N) is 3. The Balaban J connectivity index is 2.24. The Morgan fingerprint density at radius 1 is 0.893 bits per heavy atom. The van der Waals surface area contributed by atoms with Crippen molar-refractivity contribution in [2.75, 3.05) is 6.26 Å². The van der Waals surface area contributed by atoms with Crippen molar-refractivity contribution in [3.8, 4) is 11.5 Å². The molecule has 0 fully saturated rings. The molecule has 0 atom stereocenters. The second kappa shape index (κ2) is 9.33. The number of carbonyl (C=O) groups is 2. The number of thioether (sulfide) groups is 1. The smallest absolute Gasteiger partial charge is 0.339 e. The fourth-order valence-electron chi connectivity index (χ4n) is 2.06. The molecule has 9 nitrogen and oxygen atoms in total. The molecule has 0 radical (unpaired) electrons. The molecule has 10 heteroatoms. The number of aliphatic imine (C=N–C) groups is 1. The minimum atomic E-state index is -1.27. The largest absolute Gasteiger partial charge is 0.506 e. The van der Waals surface area contributed by atoms with Gasteiger partial charge in [0.1, 0.15) is 22.6 Å². The van der Waals surface area contributed by atoms with Crippen molar-refractivity contribution >= 4 is 41.3 Å². The Kier molecular flexibility index (Phi) is 6.88. The zero-order valence-corrected chi connectivity index (χ0v) is 15.3. The summed E-state index contributed by atoms with van der Waals surface area (Å²) in [5, 5.41) is 45.6. The van der Waals surface area contributed by atoms with E-state index in [4.69, 9.17) is 10.2 Å². The third-order valence-electron chi connectivity index (χ3n) is 3.43. The van der Waals surface area contributed by atoms with Crippen LogP contribution in [0.4, 0.5) is 0 Å². The maximum absolute atomic E-state index is 11.0. The number of para-hydroxylation sites is 2. The first-order valence-electron chi connectivity index (χ1n) is 7.64. The number of aromatic hydroxyl groups is 2. The van der Waals surface area contributed by atoms with Crippen molar-refractivity contribution in [1.29, 1.82) is 0 Å². The predicted molar refractivity (Wildman–Crippen MR) is 106 cm³/mol. The highest BCUT2D eigenvalue weighted by Crippen LogP contribution is 2.22. The van der Waals surface area contributed by atoms with E-state index in [0.717, 1.165) is 11.8 Å². The number of rotatable bonds is 5. The highest BCUT2D eigenvalue weighted by molar-refractivity contribution is 8.13. The molecule has 0 aromatic heterocycles. The molecule has 0 saturated heterocycles.